The van der Waals surface area contributed by atoms with Gasteiger partial charge in [-0.2, -0.15) is 0 Å². The number of hydrogen-bond acceptors (Lipinski definition) is 7. The number of aromatic amines is 1. The Labute approximate surface area is 195 Å². The van der Waals surface area contributed by atoms with Gasteiger partial charge in [0.05, 0.1) is 40.2 Å². The van der Waals surface area contributed by atoms with E-state index in [0.717, 1.165) is 47.8 Å². The summed E-state index contributed by atoms with van der Waals surface area (Å²) in [6.45, 7) is 5.68. The summed E-state index contributed by atoms with van der Waals surface area (Å²) in [6, 6.07) is 5.86. The molecule has 1 amide bonds. The van der Waals surface area contributed by atoms with Crippen LogP contribution in [0.1, 0.15) is 46.9 Å². The van der Waals surface area contributed by atoms with Crippen molar-refractivity contribution in [2.75, 3.05) is 25.1 Å². The lowest BCUT2D eigenvalue weighted by atomic mass is 10.1. The second kappa shape index (κ2) is 8.95. The number of anilines is 1. The van der Waals surface area contributed by atoms with E-state index >= 15 is 0 Å². The van der Waals surface area contributed by atoms with E-state index < -0.39 is 0 Å². The molecule has 172 valence electrons. The molecule has 0 bridgehead atoms. The van der Waals surface area contributed by atoms with Gasteiger partial charge in [0.25, 0.3) is 5.91 Å². The number of nitrogens with one attached hydrogen (secondary N) is 2. The van der Waals surface area contributed by atoms with Crippen LogP contribution in [0.5, 0.6) is 0 Å². The normalized spacial score (nSPS) is 15.8. The maximum atomic E-state index is 13.3. The van der Waals surface area contributed by atoms with Crippen LogP contribution in [-0.4, -0.2) is 56.8 Å². The molecule has 1 aliphatic rings. The largest absolute Gasteiger partial charge is 0.381 e. The Morgan fingerprint density at radius 3 is 2.82 bits per heavy atom. The van der Waals surface area contributed by atoms with Crippen LogP contribution in [0.25, 0.3) is 16.2 Å². The van der Waals surface area contributed by atoms with Crippen molar-refractivity contribution < 1.29 is 9.53 Å². The second-order valence-corrected chi connectivity index (χ2v) is 9.64. The summed E-state index contributed by atoms with van der Waals surface area (Å²) in [7, 11) is 1.77. The zero-order chi connectivity index (χ0) is 22.9. The van der Waals surface area contributed by atoms with Crippen LogP contribution in [0.15, 0.2) is 36.9 Å². The van der Waals surface area contributed by atoms with Crippen molar-refractivity contribution in [1.29, 1.82) is 0 Å². The van der Waals surface area contributed by atoms with Crippen molar-refractivity contribution in [3.63, 3.8) is 0 Å². The number of thiophene rings is 1. The summed E-state index contributed by atoms with van der Waals surface area (Å²) in [5.74, 6) is 0.444. The molecule has 1 fully saturated rings. The minimum Gasteiger partial charge on any atom is -0.381 e. The predicted molar refractivity (Wildman–Crippen MR) is 128 cm³/mol. The zero-order valence-corrected chi connectivity index (χ0v) is 19.7. The predicted octanol–water partition coefficient (Wildman–Crippen LogP) is 3.60. The first kappa shape index (κ1) is 21.6. The Hall–Kier alpha value is -3.24. The highest BCUT2D eigenvalue weighted by Gasteiger charge is 2.24. The van der Waals surface area contributed by atoms with Crippen molar-refractivity contribution >= 4 is 28.6 Å². The van der Waals surface area contributed by atoms with Gasteiger partial charge in [0.15, 0.2) is 11.5 Å². The number of ether oxygens (including phenoxy) is 1. The molecule has 5 rings (SSSR count). The summed E-state index contributed by atoms with van der Waals surface area (Å²) >= 11 is 1.72. The first-order valence-electron chi connectivity index (χ1n) is 11.1. The fraction of sp³-hybridized carbons (Fsp3) is 0.391. The average Bonchev–Trinajstić information content (AvgIpc) is 3.59. The van der Waals surface area contributed by atoms with Crippen LogP contribution in [0.3, 0.4) is 0 Å². The molecule has 1 saturated heterocycles. The first-order chi connectivity index (χ1) is 16.0. The van der Waals surface area contributed by atoms with Gasteiger partial charge in [-0.05, 0) is 44.9 Å². The Bertz CT molecular complexity index is 1260. The van der Waals surface area contributed by atoms with Crippen molar-refractivity contribution in [2.24, 2.45) is 0 Å². The lowest BCUT2D eigenvalue weighted by molar-refractivity contribution is 0.0819. The summed E-state index contributed by atoms with van der Waals surface area (Å²) in [5, 5.41) is 10.8. The van der Waals surface area contributed by atoms with Crippen molar-refractivity contribution in [3.8, 4) is 10.6 Å². The maximum Gasteiger partial charge on any atom is 0.253 e. The third kappa shape index (κ3) is 4.23. The highest BCUT2D eigenvalue weighted by Crippen LogP contribution is 2.33. The number of carbonyl (C=O) groups is 1. The number of pyridine rings is 1. The number of aromatic nitrogens is 5. The van der Waals surface area contributed by atoms with Gasteiger partial charge in [-0.25, -0.2) is 4.98 Å². The average molecular weight is 466 g/mol. The number of carbonyl (C=O) groups excluding carboxylic acids is 1. The molecule has 10 heteroatoms. The second-order valence-electron chi connectivity index (χ2n) is 8.35. The van der Waals surface area contributed by atoms with E-state index in [9.17, 15) is 4.79 Å². The number of H-pyrrole nitrogens is 1. The molecule has 0 spiro atoms. The summed E-state index contributed by atoms with van der Waals surface area (Å²) in [6.07, 6.45) is 7.44. The van der Waals surface area contributed by atoms with Gasteiger partial charge < -0.3 is 19.9 Å². The monoisotopic (exact) mass is 465 g/mol. The molecular weight excluding hydrogens is 438 g/mol. The van der Waals surface area contributed by atoms with E-state index in [4.69, 9.17) is 9.72 Å². The standard InChI is InChI=1S/C23H27N7O2S/c1-14-4-5-20(33-14)19-11-24-22-18(29-8-6-17(32-3)7-9-29)10-16(12-30(19)22)23(31)27-15(2)21-25-13-26-28-21/h4-5,10-13,15,17H,6-9H2,1-3H3,(H,27,31)(H,25,26,28). The van der Waals surface area contributed by atoms with Crippen molar-refractivity contribution in [1.82, 2.24) is 29.9 Å². The SMILES string of the molecule is COC1CCN(c2cc(C(=O)NC(C)c3nnc[nH]3)cn3c(-c4ccc(C)s4)cnc23)CC1. The summed E-state index contributed by atoms with van der Waals surface area (Å²) < 4.78 is 7.58. The number of hydrogen-bond donors (Lipinski definition) is 2. The van der Waals surface area contributed by atoms with Gasteiger partial charge in [-0.15, -0.1) is 21.5 Å². The minimum absolute atomic E-state index is 0.171. The molecule has 4 aromatic rings. The Kier molecular flexibility index (Phi) is 5.86. The van der Waals surface area contributed by atoms with Crippen molar-refractivity contribution in [2.45, 2.75) is 38.8 Å². The minimum atomic E-state index is -0.293. The van der Waals surface area contributed by atoms with Crippen molar-refractivity contribution in [3.05, 3.63) is 53.2 Å². The molecule has 4 aromatic heterocycles. The number of rotatable bonds is 6. The quantitative estimate of drug-likeness (QED) is 0.451. The summed E-state index contributed by atoms with van der Waals surface area (Å²) in [4.78, 5) is 25.6. The Morgan fingerprint density at radius 2 is 2.15 bits per heavy atom. The Morgan fingerprint density at radius 1 is 1.33 bits per heavy atom. The van der Waals surface area contributed by atoms with E-state index in [2.05, 4.69) is 44.5 Å². The molecule has 33 heavy (non-hydrogen) atoms. The molecule has 1 unspecified atom stereocenters. The molecule has 0 radical (unpaired) electrons. The van der Waals surface area contributed by atoms with E-state index in [0.29, 0.717) is 11.4 Å². The molecule has 0 aromatic carbocycles. The van der Waals surface area contributed by atoms with Crippen LogP contribution in [0.2, 0.25) is 0 Å². The molecule has 9 nitrogen and oxygen atoms in total. The van der Waals surface area contributed by atoms with Gasteiger partial charge in [-0.3, -0.25) is 9.20 Å². The van der Waals surface area contributed by atoms with Gasteiger partial charge in [-0.1, -0.05) is 0 Å². The highest BCUT2D eigenvalue weighted by atomic mass is 32.1. The fourth-order valence-corrected chi connectivity index (χ4v) is 5.16. The smallest absolute Gasteiger partial charge is 0.253 e. The first-order valence-corrected chi connectivity index (χ1v) is 11.9. The molecule has 1 atom stereocenters. The molecule has 0 saturated carbocycles. The van der Waals surface area contributed by atoms with Crippen LogP contribution in [0.4, 0.5) is 5.69 Å². The topological polar surface area (TPSA) is 100 Å². The third-order valence-corrected chi connectivity index (χ3v) is 7.17. The van der Waals surface area contributed by atoms with Gasteiger partial charge in [0, 0.05) is 31.3 Å². The van der Waals surface area contributed by atoms with Crippen LogP contribution >= 0.6 is 11.3 Å². The number of amides is 1. The molecule has 5 heterocycles. The number of nitrogens with zero attached hydrogens (tertiary/aromatic N) is 5. The van der Waals surface area contributed by atoms with Crippen LogP contribution < -0.4 is 10.2 Å². The highest BCUT2D eigenvalue weighted by molar-refractivity contribution is 7.15. The van der Waals surface area contributed by atoms with E-state index in [1.807, 2.05) is 29.8 Å². The van der Waals surface area contributed by atoms with E-state index in [-0.39, 0.29) is 18.1 Å². The van der Waals surface area contributed by atoms with Crippen LogP contribution in [-0.2, 0) is 4.74 Å². The third-order valence-electron chi connectivity index (χ3n) is 6.15. The molecule has 1 aliphatic heterocycles. The lowest BCUT2D eigenvalue weighted by Gasteiger charge is -2.33. The molecule has 2 N–H and O–H groups in total. The van der Waals surface area contributed by atoms with E-state index in [1.165, 1.54) is 11.2 Å². The number of piperidine rings is 1. The maximum absolute atomic E-state index is 13.3. The number of fused-ring (bicyclic) bond motifs is 1. The summed E-state index contributed by atoms with van der Waals surface area (Å²) in [5.41, 5.74) is 3.37. The fourth-order valence-electron chi connectivity index (χ4n) is 4.29. The van der Waals surface area contributed by atoms with E-state index in [1.54, 1.807) is 18.4 Å². The lowest BCUT2D eigenvalue weighted by Crippen LogP contribution is -2.37. The number of methoxy groups -OCH3 is 1. The Balaban J connectivity index is 1.54. The molecular formula is C23H27N7O2S. The van der Waals surface area contributed by atoms with Gasteiger partial charge in [0.1, 0.15) is 6.33 Å². The number of aryl methyl sites for hydroxylation is 1. The van der Waals surface area contributed by atoms with Gasteiger partial charge >= 0.3 is 0 Å². The zero-order valence-electron chi connectivity index (χ0n) is 18.9. The van der Waals surface area contributed by atoms with Gasteiger partial charge in [0.2, 0.25) is 0 Å². The molecule has 0 aliphatic carbocycles. The number of imidazole rings is 1. The van der Waals surface area contributed by atoms with Crippen LogP contribution in [0, 0.1) is 6.92 Å².